The number of nitrogens with zero attached hydrogens (tertiary/aromatic N) is 1. The zero-order valence-electron chi connectivity index (χ0n) is 14.0. The number of hydrogen-bond acceptors (Lipinski definition) is 3. The summed E-state index contributed by atoms with van der Waals surface area (Å²) in [5.74, 6) is 0. The van der Waals surface area contributed by atoms with Crippen molar-refractivity contribution in [3.63, 3.8) is 0 Å². The van der Waals surface area contributed by atoms with Crippen LogP contribution >= 0.6 is 0 Å². The zero-order chi connectivity index (χ0) is 17.1. The van der Waals surface area contributed by atoms with Crippen LogP contribution in [0.1, 0.15) is 22.7 Å². The molecule has 126 valence electrons. The Morgan fingerprint density at radius 1 is 1.21 bits per heavy atom. The Labute approximate surface area is 142 Å². The van der Waals surface area contributed by atoms with Crippen LogP contribution in [0.5, 0.6) is 0 Å². The second-order valence-electron chi connectivity index (χ2n) is 6.34. The number of amides is 2. The van der Waals surface area contributed by atoms with E-state index in [0.717, 1.165) is 22.4 Å². The third-order valence-electron chi connectivity index (χ3n) is 4.37. The number of urea groups is 1. The van der Waals surface area contributed by atoms with Crippen LogP contribution in [-0.2, 0) is 13.0 Å². The van der Waals surface area contributed by atoms with Gasteiger partial charge in [-0.05, 0) is 28.8 Å². The maximum Gasteiger partial charge on any atom is 0.315 e. The quantitative estimate of drug-likeness (QED) is 0.807. The van der Waals surface area contributed by atoms with Crippen LogP contribution in [0.25, 0.3) is 0 Å². The highest BCUT2D eigenvalue weighted by Gasteiger charge is 2.31. The second kappa shape index (κ2) is 6.93. The highest BCUT2D eigenvalue weighted by atomic mass is 16.3. The van der Waals surface area contributed by atoms with Crippen molar-refractivity contribution in [2.45, 2.75) is 25.1 Å². The van der Waals surface area contributed by atoms with Crippen molar-refractivity contribution in [1.82, 2.24) is 10.6 Å². The number of aliphatic hydroxyl groups is 1. The van der Waals surface area contributed by atoms with Gasteiger partial charge in [0, 0.05) is 32.7 Å². The van der Waals surface area contributed by atoms with Gasteiger partial charge in [-0.25, -0.2) is 4.79 Å². The van der Waals surface area contributed by atoms with Gasteiger partial charge in [0.2, 0.25) is 0 Å². The first kappa shape index (κ1) is 16.3. The van der Waals surface area contributed by atoms with Gasteiger partial charge in [0.05, 0.1) is 12.1 Å². The summed E-state index contributed by atoms with van der Waals surface area (Å²) >= 11 is 0. The van der Waals surface area contributed by atoms with Gasteiger partial charge < -0.3 is 20.6 Å². The number of carbonyl (C=O) groups excluding carboxylic acids is 1. The van der Waals surface area contributed by atoms with E-state index in [0.29, 0.717) is 13.0 Å². The third-order valence-corrected chi connectivity index (χ3v) is 4.37. The van der Waals surface area contributed by atoms with Gasteiger partial charge >= 0.3 is 6.03 Å². The fourth-order valence-corrected chi connectivity index (χ4v) is 3.07. The Balaban J connectivity index is 1.59. The van der Waals surface area contributed by atoms with Gasteiger partial charge in [-0.3, -0.25) is 0 Å². The van der Waals surface area contributed by atoms with Crippen molar-refractivity contribution in [2.75, 3.05) is 19.0 Å². The highest BCUT2D eigenvalue weighted by Crippen LogP contribution is 2.31. The molecule has 0 spiro atoms. The number of nitrogens with one attached hydrogen (secondary N) is 2. The average Bonchev–Trinajstić information content (AvgIpc) is 2.89. The van der Waals surface area contributed by atoms with Crippen LogP contribution in [-0.4, -0.2) is 31.3 Å². The molecule has 0 saturated carbocycles. The summed E-state index contributed by atoms with van der Waals surface area (Å²) in [5.41, 5.74) is 4.21. The van der Waals surface area contributed by atoms with Crippen LogP contribution in [0.15, 0.2) is 48.5 Å². The first-order chi connectivity index (χ1) is 11.5. The van der Waals surface area contributed by atoms with E-state index in [2.05, 4.69) is 10.6 Å². The molecule has 2 atom stereocenters. The van der Waals surface area contributed by atoms with Gasteiger partial charge in [-0.15, -0.1) is 0 Å². The predicted octanol–water partition coefficient (Wildman–Crippen LogP) is 2.21. The molecular weight excluding hydrogens is 302 g/mol. The minimum atomic E-state index is -0.579. The lowest BCUT2D eigenvalue weighted by atomic mass is 10.1. The first-order valence-corrected chi connectivity index (χ1v) is 8.11. The molecule has 0 saturated heterocycles. The van der Waals surface area contributed by atoms with Crippen LogP contribution < -0.4 is 15.5 Å². The van der Waals surface area contributed by atoms with Gasteiger partial charge in [-0.1, -0.05) is 36.4 Å². The molecule has 1 aliphatic rings. The van der Waals surface area contributed by atoms with Crippen molar-refractivity contribution in [3.8, 4) is 0 Å². The molecule has 2 aromatic rings. The number of hydrogen-bond donors (Lipinski definition) is 3. The molecule has 2 aromatic carbocycles. The maximum atomic E-state index is 12.2. The van der Waals surface area contributed by atoms with E-state index < -0.39 is 6.10 Å². The number of aliphatic hydroxyl groups excluding tert-OH is 1. The molecule has 24 heavy (non-hydrogen) atoms. The molecule has 1 aliphatic carbocycles. The Morgan fingerprint density at radius 3 is 2.79 bits per heavy atom. The third kappa shape index (κ3) is 3.51. The van der Waals surface area contributed by atoms with Crippen LogP contribution in [0, 0.1) is 0 Å². The fourth-order valence-electron chi connectivity index (χ4n) is 3.07. The summed E-state index contributed by atoms with van der Waals surface area (Å²) in [4.78, 5) is 14.2. The molecule has 0 unspecified atom stereocenters. The standard InChI is InChI=1S/C19H23N3O2/c1-22(2)15-8-5-6-13(10-15)12-20-19(24)21-18-16-9-4-3-7-14(16)11-17(18)23/h3-10,17-18,23H,11-12H2,1-2H3,(H2,20,21,24)/t17-,18+/m0/s1. The van der Waals surface area contributed by atoms with Crippen LogP contribution in [0.3, 0.4) is 0 Å². The summed E-state index contributed by atoms with van der Waals surface area (Å²) in [6.07, 6.45) is -0.00310. The summed E-state index contributed by atoms with van der Waals surface area (Å²) in [6, 6.07) is 15.2. The van der Waals surface area contributed by atoms with E-state index in [-0.39, 0.29) is 12.1 Å². The second-order valence-corrected chi connectivity index (χ2v) is 6.34. The molecule has 0 bridgehead atoms. The highest BCUT2D eigenvalue weighted by molar-refractivity contribution is 5.75. The van der Waals surface area contributed by atoms with Crippen LogP contribution in [0.2, 0.25) is 0 Å². The lowest BCUT2D eigenvalue weighted by molar-refractivity contribution is 0.142. The Morgan fingerprint density at radius 2 is 2.00 bits per heavy atom. The van der Waals surface area contributed by atoms with E-state index in [9.17, 15) is 9.90 Å². The van der Waals surface area contributed by atoms with E-state index in [1.54, 1.807) is 0 Å². The maximum absolute atomic E-state index is 12.2. The Hall–Kier alpha value is -2.53. The summed E-state index contributed by atoms with van der Waals surface area (Å²) in [7, 11) is 3.97. The molecule has 0 radical (unpaired) electrons. The first-order valence-electron chi connectivity index (χ1n) is 8.11. The molecule has 0 aromatic heterocycles. The molecule has 3 rings (SSSR count). The van der Waals surface area contributed by atoms with Gasteiger partial charge in [-0.2, -0.15) is 0 Å². The van der Waals surface area contributed by atoms with Crippen LogP contribution in [0.4, 0.5) is 10.5 Å². The average molecular weight is 325 g/mol. The molecule has 5 nitrogen and oxygen atoms in total. The molecule has 3 N–H and O–H groups in total. The summed E-state index contributed by atoms with van der Waals surface area (Å²) in [6.45, 7) is 0.442. The Kier molecular flexibility index (Phi) is 4.71. The molecule has 0 aliphatic heterocycles. The monoisotopic (exact) mass is 325 g/mol. The summed E-state index contributed by atoms with van der Waals surface area (Å²) in [5, 5.41) is 15.9. The van der Waals surface area contributed by atoms with E-state index in [1.807, 2.05) is 67.5 Å². The van der Waals surface area contributed by atoms with Crippen molar-refractivity contribution >= 4 is 11.7 Å². The normalized spacial score (nSPS) is 18.8. The van der Waals surface area contributed by atoms with E-state index >= 15 is 0 Å². The molecule has 0 heterocycles. The predicted molar refractivity (Wildman–Crippen MR) is 95.0 cm³/mol. The summed E-state index contributed by atoms with van der Waals surface area (Å²) < 4.78 is 0. The van der Waals surface area contributed by atoms with E-state index in [1.165, 1.54) is 0 Å². The topological polar surface area (TPSA) is 64.6 Å². The van der Waals surface area contributed by atoms with Crippen molar-refractivity contribution in [1.29, 1.82) is 0 Å². The SMILES string of the molecule is CN(C)c1cccc(CNC(=O)N[C@@H]2c3ccccc3C[C@@H]2O)c1. The van der Waals surface area contributed by atoms with Gasteiger partial charge in [0.15, 0.2) is 0 Å². The largest absolute Gasteiger partial charge is 0.390 e. The number of fused-ring (bicyclic) bond motifs is 1. The minimum Gasteiger partial charge on any atom is -0.390 e. The van der Waals surface area contributed by atoms with Crippen molar-refractivity contribution in [2.24, 2.45) is 0 Å². The smallest absolute Gasteiger partial charge is 0.315 e. The van der Waals surface area contributed by atoms with Gasteiger partial charge in [0.1, 0.15) is 0 Å². The van der Waals surface area contributed by atoms with Crippen molar-refractivity contribution in [3.05, 3.63) is 65.2 Å². The lowest BCUT2D eigenvalue weighted by Crippen LogP contribution is -2.40. The fraction of sp³-hybridized carbons (Fsp3) is 0.316. The molecule has 0 fully saturated rings. The minimum absolute atomic E-state index is 0.272. The lowest BCUT2D eigenvalue weighted by Gasteiger charge is -2.19. The zero-order valence-corrected chi connectivity index (χ0v) is 14.0. The Bertz CT molecular complexity index is 730. The molecular formula is C19H23N3O2. The molecule has 2 amide bonds. The van der Waals surface area contributed by atoms with E-state index in [4.69, 9.17) is 0 Å². The number of rotatable bonds is 4. The number of anilines is 1. The molecule has 5 heteroatoms. The number of carbonyl (C=O) groups is 1. The van der Waals surface area contributed by atoms with Crippen molar-refractivity contribution < 1.29 is 9.90 Å². The van der Waals surface area contributed by atoms with Gasteiger partial charge in [0.25, 0.3) is 0 Å². The number of benzene rings is 2.